The third-order valence-corrected chi connectivity index (χ3v) is 3.40. The van der Waals surface area contributed by atoms with Gasteiger partial charge in [-0.3, -0.25) is 5.10 Å². The first-order chi connectivity index (χ1) is 11.5. The maximum absolute atomic E-state index is 11.9. The highest BCUT2D eigenvalue weighted by Gasteiger charge is 2.08. The number of hydrogen-bond donors (Lipinski definition) is 3. The molecule has 1 aromatic carbocycles. The molecule has 128 valence electrons. The van der Waals surface area contributed by atoms with Gasteiger partial charge in [-0.2, -0.15) is 5.10 Å². The first-order valence-electron chi connectivity index (χ1n) is 7.34. The van der Waals surface area contributed by atoms with E-state index in [1.165, 1.54) is 7.11 Å². The van der Waals surface area contributed by atoms with Crippen LogP contribution < -0.4 is 15.4 Å². The minimum absolute atomic E-state index is 0.160. The number of nitrogens with zero attached hydrogens (tertiary/aromatic N) is 1. The highest BCUT2D eigenvalue weighted by atomic mass is 16.6. The predicted molar refractivity (Wildman–Crippen MR) is 87.9 cm³/mol. The lowest BCUT2D eigenvalue weighted by molar-refractivity contribution is -0.142. The molecule has 8 heteroatoms. The number of urea groups is 1. The minimum atomic E-state index is -0.457. The SMILES string of the molecule is COC(=O)COc1ccc(NC(=O)NCc2c(C)n[nH]c2C)cc1. The van der Waals surface area contributed by atoms with Crippen LogP contribution in [0.1, 0.15) is 17.0 Å². The number of methoxy groups -OCH3 is 1. The van der Waals surface area contributed by atoms with Crippen LogP contribution in [0.3, 0.4) is 0 Å². The monoisotopic (exact) mass is 332 g/mol. The largest absolute Gasteiger partial charge is 0.482 e. The van der Waals surface area contributed by atoms with Crippen LogP contribution in [0.5, 0.6) is 5.75 Å². The summed E-state index contributed by atoms with van der Waals surface area (Å²) < 4.78 is 9.71. The second kappa shape index (κ2) is 8.00. The van der Waals surface area contributed by atoms with Crippen molar-refractivity contribution in [2.24, 2.45) is 0 Å². The summed E-state index contributed by atoms with van der Waals surface area (Å²) in [5.41, 5.74) is 3.37. The zero-order valence-corrected chi connectivity index (χ0v) is 13.8. The first kappa shape index (κ1) is 17.3. The van der Waals surface area contributed by atoms with Crippen LogP contribution in [-0.2, 0) is 16.1 Å². The molecule has 0 saturated carbocycles. The van der Waals surface area contributed by atoms with Gasteiger partial charge in [0.2, 0.25) is 0 Å². The van der Waals surface area contributed by atoms with E-state index < -0.39 is 5.97 Å². The van der Waals surface area contributed by atoms with Crippen molar-refractivity contribution in [1.29, 1.82) is 0 Å². The van der Waals surface area contributed by atoms with Crippen LogP contribution in [0, 0.1) is 13.8 Å². The van der Waals surface area contributed by atoms with Gasteiger partial charge in [-0.05, 0) is 38.1 Å². The van der Waals surface area contributed by atoms with Crippen molar-refractivity contribution in [2.45, 2.75) is 20.4 Å². The molecule has 2 rings (SSSR count). The number of ether oxygens (including phenoxy) is 2. The highest BCUT2D eigenvalue weighted by molar-refractivity contribution is 5.89. The number of aromatic amines is 1. The zero-order valence-electron chi connectivity index (χ0n) is 13.8. The maximum atomic E-state index is 11.9. The number of H-pyrrole nitrogens is 1. The molecule has 0 atom stereocenters. The Kier molecular flexibility index (Phi) is 5.78. The molecule has 0 spiro atoms. The van der Waals surface area contributed by atoms with Gasteiger partial charge >= 0.3 is 12.0 Å². The molecule has 0 aliphatic rings. The van der Waals surface area contributed by atoms with Gasteiger partial charge in [0.15, 0.2) is 6.61 Å². The van der Waals surface area contributed by atoms with Crippen LogP contribution in [0.15, 0.2) is 24.3 Å². The summed E-state index contributed by atoms with van der Waals surface area (Å²) >= 11 is 0. The molecule has 3 N–H and O–H groups in total. The number of esters is 1. The summed E-state index contributed by atoms with van der Waals surface area (Å²) in [6.07, 6.45) is 0. The number of benzene rings is 1. The van der Waals surface area contributed by atoms with Crippen LogP contribution >= 0.6 is 0 Å². The summed E-state index contributed by atoms with van der Waals surface area (Å²) in [5, 5.41) is 12.4. The van der Waals surface area contributed by atoms with Crippen LogP contribution in [0.2, 0.25) is 0 Å². The molecular formula is C16H20N4O4. The van der Waals surface area contributed by atoms with E-state index >= 15 is 0 Å². The molecule has 1 aromatic heterocycles. The summed E-state index contributed by atoms with van der Waals surface area (Å²) in [6.45, 7) is 4.01. The Balaban J connectivity index is 1.82. The van der Waals surface area contributed by atoms with Gasteiger partial charge in [-0.1, -0.05) is 0 Å². The molecule has 1 heterocycles. The standard InChI is InChI=1S/C16H20N4O4/c1-10-14(11(2)20-19-10)8-17-16(22)18-12-4-6-13(7-5-12)24-9-15(21)23-3/h4-7H,8-9H2,1-3H3,(H,19,20)(H2,17,18,22). The molecule has 2 amide bonds. The minimum Gasteiger partial charge on any atom is -0.482 e. The van der Waals surface area contributed by atoms with E-state index in [1.807, 2.05) is 13.8 Å². The first-order valence-corrected chi connectivity index (χ1v) is 7.34. The molecular weight excluding hydrogens is 312 g/mol. The fraction of sp³-hybridized carbons (Fsp3) is 0.312. The number of carbonyl (C=O) groups is 2. The Labute approximate surface area is 139 Å². The number of carbonyl (C=O) groups excluding carboxylic acids is 2. The van der Waals surface area contributed by atoms with Crippen molar-refractivity contribution in [1.82, 2.24) is 15.5 Å². The van der Waals surface area contributed by atoms with Gasteiger partial charge in [0.05, 0.1) is 12.8 Å². The molecule has 0 fully saturated rings. The molecule has 24 heavy (non-hydrogen) atoms. The number of nitrogens with one attached hydrogen (secondary N) is 3. The third-order valence-electron chi connectivity index (χ3n) is 3.40. The Morgan fingerprint density at radius 1 is 1.21 bits per heavy atom. The van der Waals surface area contributed by atoms with Gasteiger partial charge < -0.3 is 20.1 Å². The van der Waals surface area contributed by atoms with E-state index in [-0.39, 0.29) is 12.6 Å². The number of rotatable bonds is 6. The van der Waals surface area contributed by atoms with Crippen molar-refractivity contribution in [3.63, 3.8) is 0 Å². The molecule has 0 aliphatic heterocycles. The van der Waals surface area contributed by atoms with Gasteiger partial charge in [-0.15, -0.1) is 0 Å². The van der Waals surface area contributed by atoms with Gasteiger partial charge in [0.25, 0.3) is 0 Å². The lowest BCUT2D eigenvalue weighted by Gasteiger charge is -2.09. The summed E-state index contributed by atoms with van der Waals surface area (Å²) in [7, 11) is 1.30. The molecule has 2 aromatic rings. The molecule has 0 radical (unpaired) electrons. The number of hydrogen-bond acceptors (Lipinski definition) is 5. The summed E-state index contributed by atoms with van der Waals surface area (Å²) in [6, 6.07) is 6.35. The van der Waals surface area contributed by atoms with E-state index in [2.05, 4.69) is 25.6 Å². The second-order valence-electron chi connectivity index (χ2n) is 5.11. The quantitative estimate of drug-likeness (QED) is 0.701. The van der Waals surface area contributed by atoms with Crippen LogP contribution in [-0.4, -0.2) is 35.9 Å². The molecule has 0 bridgehead atoms. The average Bonchev–Trinajstić information content (AvgIpc) is 2.90. The number of amides is 2. The summed E-state index contributed by atoms with van der Waals surface area (Å²) in [5.74, 6) is 0.0532. The zero-order chi connectivity index (χ0) is 17.5. The van der Waals surface area contributed by atoms with Crippen LogP contribution in [0.4, 0.5) is 10.5 Å². The highest BCUT2D eigenvalue weighted by Crippen LogP contribution is 2.15. The average molecular weight is 332 g/mol. The van der Waals surface area contributed by atoms with Gasteiger partial charge in [0, 0.05) is 23.5 Å². The lowest BCUT2D eigenvalue weighted by atomic mass is 10.2. The smallest absolute Gasteiger partial charge is 0.343 e. The molecule has 0 aliphatic carbocycles. The van der Waals surface area contributed by atoms with Crippen molar-refractivity contribution in [3.05, 3.63) is 41.2 Å². The fourth-order valence-corrected chi connectivity index (χ4v) is 2.01. The number of aromatic nitrogens is 2. The lowest BCUT2D eigenvalue weighted by Crippen LogP contribution is -2.28. The van der Waals surface area contributed by atoms with E-state index in [9.17, 15) is 9.59 Å². The fourth-order valence-electron chi connectivity index (χ4n) is 2.01. The van der Waals surface area contributed by atoms with Crippen LogP contribution in [0.25, 0.3) is 0 Å². The normalized spacial score (nSPS) is 10.1. The Morgan fingerprint density at radius 3 is 2.50 bits per heavy atom. The van der Waals surface area contributed by atoms with Crippen molar-refractivity contribution in [3.8, 4) is 5.75 Å². The van der Waals surface area contributed by atoms with E-state index in [0.717, 1.165) is 17.0 Å². The predicted octanol–water partition coefficient (Wildman–Crippen LogP) is 1.90. The Morgan fingerprint density at radius 2 is 1.92 bits per heavy atom. The maximum Gasteiger partial charge on any atom is 0.343 e. The van der Waals surface area contributed by atoms with Gasteiger partial charge in [-0.25, -0.2) is 9.59 Å². The van der Waals surface area contributed by atoms with E-state index in [1.54, 1.807) is 24.3 Å². The number of aryl methyl sites for hydroxylation is 2. The second-order valence-corrected chi connectivity index (χ2v) is 5.11. The third kappa shape index (κ3) is 4.73. The van der Waals surface area contributed by atoms with E-state index in [4.69, 9.17) is 4.74 Å². The Hall–Kier alpha value is -3.03. The van der Waals surface area contributed by atoms with Gasteiger partial charge in [0.1, 0.15) is 5.75 Å². The Bertz CT molecular complexity index is 690. The van der Waals surface area contributed by atoms with Crippen molar-refractivity contribution < 1.29 is 19.1 Å². The molecule has 0 saturated heterocycles. The van der Waals surface area contributed by atoms with E-state index in [0.29, 0.717) is 18.0 Å². The molecule has 0 unspecified atom stereocenters. The molecule has 8 nitrogen and oxygen atoms in total. The van der Waals surface area contributed by atoms with Crippen molar-refractivity contribution >= 4 is 17.7 Å². The summed E-state index contributed by atoms with van der Waals surface area (Å²) in [4.78, 5) is 22.9. The van der Waals surface area contributed by atoms with Crippen molar-refractivity contribution in [2.75, 3.05) is 19.0 Å². The topological polar surface area (TPSA) is 105 Å². The number of anilines is 1.